The molecule has 0 fully saturated rings. The summed E-state index contributed by atoms with van der Waals surface area (Å²) < 4.78 is 5.11. The Morgan fingerprint density at radius 2 is 0.113 bits per heavy atom. The third-order valence-corrected chi connectivity index (χ3v) is 10.7. The van der Waals surface area contributed by atoms with Gasteiger partial charge in [0.2, 0.25) is 0 Å². The number of hydrogen-bond donors (Lipinski definition) is 4. The molecule has 0 unspecified atom stereocenters. The number of rotatable bonds is 16. The van der Waals surface area contributed by atoms with E-state index in [1.54, 1.807) is 0 Å². The van der Waals surface area contributed by atoms with Gasteiger partial charge >= 0.3 is 0 Å². The van der Waals surface area contributed by atoms with Crippen molar-refractivity contribution < 1.29 is 717 Å². The number of hydrogen-bond acceptors (Lipinski definition) is 4. The van der Waals surface area contributed by atoms with E-state index in [-0.39, 0.29) is 678 Å². The van der Waals surface area contributed by atoms with Gasteiger partial charge in [-0.2, -0.15) is 0 Å². The van der Waals surface area contributed by atoms with Crippen molar-refractivity contribution in [2.24, 2.45) is 0 Å². The Morgan fingerprint density at radius 1 is 0.0968 bits per heavy atom. The summed E-state index contributed by atoms with van der Waals surface area (Å²) in [6.45, 7) is 56.9. The SMILES string of the molecule is CC[N+](CC)(CC)CC.CC[N+](CC)(CC)CC.CC[N+](CC)(CC)CC.CC[N+](CC)(CC)CC.C[NH2+]C.C[NH2+]C.C[NH2+]C.C[NH2+]C.[O-2].[O-2].[O-2].[O-2].[O-2].[O-2].[O-2].[O-2].[O-2].[O-2].[O-2].[O-2].[O-2].[O-2].[O-2].[O-2].[O-2].[O-2].[O-2].[O-2].[O-2].[O-2].[O-2].[O-2].[O-2].[O-2].[O-2].[O-2].[O-2].[O-2].[O-2].[O-2].[O-2].[O-2].[O-2].[O-2].[O-2].[O-2].[O-2].[O-2].[O-2].[O-2].[O-2].[O-2].[O-2].[O-2].[O-2].[O-2].[O-2].[O-2].[O-2].[O-2].[OH-].[OH-].[OH-].[OH-].[V].[V].[V].[V].[V].[V].[V].[V].[V].[V].[V].[V].[V].[V].[V].[V].[V].[V].[V].[V]. The number of nitrogens with zero attached hydrogens (tertiary/aromatic N) is 4. The third kappa shape index (κ3) is 680. The maximum atomic E-state index is 2.27. The van der Waals surface area contributed by atoms with Crippen molar-refractivity contribution in [3.8, 4) is 0 Å². The molecule has 0 aliphatic heterocycles. The molecule has 20 radical (unpaired) electrons. The van der Waals surface area contributed by atoms with Gasteiger partial charge in [-0.25, -0.2) is 0 Å². The van der Waals surface area contributed by atoms with E-state index in [9.17, 15) is 0 Å². The third-order valence-electron chi connectivity index (χ3n) is 10.7. The van der Waals surface area contributed by atoms with Crippen molar-refractivity contribution in [3.63, 3.8) is 0 Å². The molecular weight excluding hydrogens is 2510 g/mol. The van der Waals surface area contributed by atoms with Gasteiger partial charge in [0.1, 0.15) is 0 Å². The maximum Gasteiger partial charge on any atom is 0.0757 e. The van der Waals surface area contributed by atoms with E-state index in [0.29, 0.717) is 0 Å². The molecule has 0 bridgehead atoms. The van der Waals surface area contributed by atoms with Crippen LogP contribution in [0.2, 0.25) is 0 Å². The first-order valence-corrected chi connectivity index (χ1v) is 21.0. The summed E-state index contributed by atoms with van der Waals surface area (Å²) in [6, 6.07) is 0. The summed E-state index contributed by atoms with van der Waals surface area (Å²) >= 11 is 0. The summed E-state index contributed by atoms with van der Waals surface area (Å²) in [5.74, 6) is 0. The minimum Gasteiger partial charge on any atom is -2.00 e. The molecule has 0 rings (SSSR count). The number of nitrogens with two attached hydrogens (primary N) is 4. The van der Waals surface area contributed by atoms with E-state index in [4.69, 9.17) is 0 Å². The van der Waals surface area contributed by atoms with Crippen LogP contribution in [0.1, 0.15) is 111 Å². The first kappa shape index (κ1) is 963. The molecule has 0 aromatic heterocycles. The monoisotopic (exact) mass is 2620 g/mol. The summed E-state index contributed by atoms with van der Waals surface area (Å²) in [4.78, 5) is 0. The van der Waals surface area contributed by atoms with E-state index in [0.717, 1.165) is 0 Å². The van der Waals surface area contributed by atoms with Crippen molar-refractivity contribution in [3.05, 3.63) is 0 Å². The Hall–Kier alpha value is 9.13. The molecule has 0 spiro atoms. The molecule has 0 aromatic rings. The molecule has 64 nitrogen and oxygen atoms in total. The zero-order valence-corrected chi connectivity index (χ0v) is 99.3. The summed E-state index contributed by atoms with van der Waals surface area (Å²) in [5.41, 5.74) is 0. The van der Waals surface area contributed by atoms with Crippen molar-refractivity contribution in [2.75, 3.05) is 161 Å². The predicted molar refractivity (Wildman–Crippen MR) is 268 cm³/mol. The molecular formula is C40H116N8O56V20-100. The van der Waals surface area contributed by atoms with Gasteiger partial charge < -0.3 is 346 Å². The standard InChI is InChI=1S/4C8H20N.4C2H7N.4H2O.52O.20V/c4*1-5-9(6-2,7-3)8-4;4*1-3-2;;;;;;;;;;;;;;;;;;;;;;;;;;;;;;;;;;;;;;;;;;;;;;;;;;;;;;;;;;;;;;;;;;;;;;;;;;;;/h4*5-8H2,1-4H3;4*3H,1-2H3;4*1H2;;;;;;;;;;;;;;;;;;;;;;;;;;;;;;;;;;;;;;;;;;;;;;;;;;;;;;;;;;;;;;;;;;;;;;;;/q4*+1;;;;;;;;;52*-2;;;;;;;;;;;;;;;;;;;;. The minimum atomic E-state index is 0. The van der Waals surface area contributed by atoms with Crippen LogP contribution in [0.5, 0.6) is 0 Å². The zero-order valence-electron chi connectivity index (χ0n) is 71.4. The largest absolute Gasteiger partial charge is 2.00 e. The van der Waals surface area contributed by atoms with Gasteiger partial charge in [-0.05, 0) is 111 Å². The Kier molecular flexibility index (Phi) is 6250. The van der Waals surface area contributed by atoms with E-state index in [2.05, 4.69) is 111 Å². The van der Waals surface area contributed by atoms with Gasteiger partial charge in [0.05, 0.1) is 161 Å². The summed E-state index contributed by atoms with van der Waals surface area (Å²) in [6.07, 6.45) is 0. The topological polar surface area (TPSA) is 1670 Å². The van der Waals surface area contributed by atoms with Crippen molar-refractivity contribution in [1.82, 2.24) is 0 Å². The van der Waals surface area contributed by atoms with Crippen LogP contribution in [-0.2, 0) is 656 Å². The van der Waals surface area contributed by atoms with Gasteiger partial charge in [-0.3, -0.25) is 0 Å². The first-order chi connectivity index (χ1) is 22.6. The van der Waals surface area contributed by atoms with Crippen LogP contribution in [0.15, 0.2) is 0 Å². The molecule has 0 aliphatic carbocycles. The molecule has 0 aromatic carbocycles. The van der Waals surface area contributed by atoms with Gasteiger partial charge in [0.15, 0.2) is 0 Å². The first-order valence-electron chi connectivity index (χ1n) is 21.0. The van der Waals surface area contributed by atoms with Crippen molar-refractivity contribution >= 4 is 0 Å². The molecule has 12 N–H and O–H groups in total. The fourth-order valence-electron chi connectivity index (χ4n) is 5.37. The predicted octanol–water partition coefficient (Wildman–Crippen LogP) is -4.17. The van der Waals surface area contributed by atoms with Crippen molar-refractivity contribution in [1.29, 1.82) is 0 Å². The smallest absolute Gasteiger partial charge is 0.0757 e. The second-order valence-electron chi connectivity index (χ2n) is 12.7. The Balaban J connectivity index is -0.00000000168. The Labute approximate surface area is 977 Å². The van der Waals surface area contributed by atoms with Gasteiger partial charge in [-0.1, -0.05) is 0 Å². The summed E-state index contributed by atoms with van der Waals surface area (Å²) in [5, 5.41) is 8.00. The molecule has 852 valence electrons. The second kappa shape index (κ2) is 805. The van der Waals surface area contributed by atoms with Crippen molar-refractivity contribution in [2.45, 2.75) is 111 Å². The van der Waals surface area contributed by atoms with E-state index < -0.39 is 0 Å². The molecule has 0 amide bonds. The fourth-order valence-corrected chi connectivity index (χ4v) is 5.37. The minimum absolute atomic E-state index is 0. The number of quaternary nitrogens is 8. The van der Waals surface area contributed by atoms with Crippen LogP contribution in [-0.4, -0.2) is 201 Å². The van der Waals surface area contributed by atoms with Gasteiger partial charge in [-0.15, -0.1) is 0 Å². The van der Waals surface area contributed by atoms with Gasteiger partial charge in [0, 0.05) is 371 Å². The van der Waals surface area contributed by atoms with E-state index in [1.807, 2.05) is 77.6 Å². The Bertz CT molecular complexity index is 512. The second-order valence-corrected chi connectivity index (χ2v) is 12.7. The molecule has 124 heavy (non-hydrogen) atoms. The zero-order chi connectivity index (χ0) is 40.1. The molecule has 0 atom stereocenters. The molecule has 84 heteroatoms. The Morgan fingerprint density at radius 3 is 0.113 bits per heavy atom. The van der Waals surface area contributed by atoms with E-state index >= 15 is 0 Å². The van der Waals surface area contributed by atoms with Gasteiger partial charge in [0.25, 0.3) is 0 Å². The molecule has 0 heterocycles. The van der Waals surface area contributed by atoms with Crippen LogP contribution in [0.25, 0.3) is 0 Å². The van der Waals surface area contributed by atoms with Crippen LogP contribution in [0, 0.1) is 0 Å². The molecule has 0 aliphatic rings. The maximum absolute atomic E-state index is 2.27. The van der Waals surface area contributed by atoms with Crippen LogP contribution >= 0.6 is 0 Å². The molecule has 0 saturated heterocycles. The quantitative estimate of drug-likeness (QED) is 0.112. The summed E-state index contributed by atoms with van der Waals surface area (Å²) in [7, 11) is 16.0. The van der Waals surface area contributed by atoms with Crippen LogP contribution < -0.4 is 21.3 Å². The van der Waals surface area contributed by atoms with Crippen LogP contribution in [0.3, 0.4) is 0 Å². The fraction of sp³-hybridized carbons (Fsp3) is 1.00. The molecule has 0 saturated carbocycles. The van der Waals surface area contributed by atoms with Crippen LogP contribution in [0.4, 0.5) is 0 Å². The average Bonchev–Trinajstić information content (AvgIpc) is 3.12. The average molecular weight is 2620 g/mol. The van der Waals surface area contributed by atoms with E-state index in [1.165, 1.54) is 123 Å². The normalized spacial score (nSPS) is 4.06.